The van der Waals surface area contributed by atoms with Crippen LogP contribution in [0.25, 0.3) is 0 Å². The van der Waals surface area contributed by atoms with Gasteiger partial charge in [-0.3, -0.25) is 9.69 Å². The Kier molecular flexibility index (Phi) is 4.26. The van der Waals surface area contributed by atoms with Crippen molar-refractivity contribution in [1.82, 2.24) is 15.2 Å². The van der Waals surface area contributed by atoms with Crippen LogP contribution in [0, 0.1) is 13.8 Å². The number of hydrogen-bond donors (Lipinski definition) is 1. The second kappa shape index (κ2) is 5.90. The van der Waals surface area contributed by atoms with E-state index in [1.54, 1.807) is 0 Å². The van der Waals surface area contributed by atoms with Crippen molar-refractivity contribution in [2.45, 2.75) is 38.8 Å². The van der Waals surface area contributed by atoms with Crippen LogP contribution < -0.4 is 5.32 Å². The highest BCUT2D eigenvalue weighted by molar-refractivity contribution is 7.91. The minimum absolute atomic E-state index is 0.0384. The molecule has 6 nitrogen and oxygen atoms in total. The third kappa shape index (κ3) is 3.18. The fourth-order valence-corrected chi connectivity index (χ4v) is 6.15. The van der Waals surface area contributed by atoms with Crippen molar-refractivity contribution < 1.29 is 13.2 Å². The van der Waals surface area contributed by atoms with Gasteiger partial charge in [-0.2, -0.15) is 0 Å². The lowest BCUT2D eigenvalue weighted by Gasteiger charge is -2.28. The zero-order valence-corrected chi connectivity index (χ0v) is 14.5. The lowest BCUT2D eigenvalue weighted by Crippen LogP contribution is -2.50. The molecular weight excluding hydrogens is 322 g/mol. The summed E-state index contributed by atoms with van der Waals surface area (Å²) in [5.74, 6) is -0.00976. The molecule has 2 saturated heterocycles. The Labute approximate surface area is 134 Å². The van der Waals surface area contributed by atoms with Crippen LogP contribution in [0.1, 0.15) is 33.2 Å². The molecule has 2 aliphatic heterocycles. The van der Waals surface area contributed by atoms with E-state index in [-0.39, 0.29) is 29.5 Å². The Morgan fingerprint density at radius 2 is 1.95 bits per heavy atom. The molecule has 0 saturated carbocycles. The largest absolute Gasteiger partial charge is 0.346 e. The third-order valence-corrected chi connectivity index (χ3v) is 7.15. The van der Waals surface area contributed by atoms with Gasteiger partial charge in [0.15, 0.2) is 9.84 Å². The maximum Gasteiger partial charge on any atom is 0.263 e. The fourth-order valence-electron chi connectivity index (χ4n) is 3.38. The first-order valence-electron chi connectivity index (χ1n) is 7.55. The van der Waals surface area contributed by atoms with Crippen molar-refractivity contribution in [2.24, 2.45) is 0 Å². The normalized spacial score (nSPS) is 28.1. The van der Waals surface area contributed by atoms with E-state index in [9.17, 15) is 13.2 Å². The summed E-state index contributed by atoms with van der Waals surface area (Å²) in [5.41, 5.74) is 0.707. The van der Waals surface area contributed by atoms with Crippen LogP contribution in [0.5, 0.6) is 0 Å². The predicted molar refractivity (Wildman–Crippen MR) is 86.1 cm³/mol. The van der Waals surface area contributed by atoms with Gasteiger partial charge in [-0.15, -0.1) is 11.3 Å². The molecule has 22 heavy (non-hydrogen) atoms. The minimum Gasteiger partial charge on any atom is -0.346 e. The summed E-state index contributed by atoms with van der Waals surface area (Å²) in [6.07, 6.45) is 2.20. The quantitative estimate of drug-likeness (QED) is 0.876. The van der Waals surface area contributed by atoms with Gasteiger partial charge in [0.1, 0.15) is 4.88 Å². The van der Waals surface area contributed by atoms with Gasteiger partial charge < -0.3 is 5.32 Å². The second-order valence-electron chi connectivity index (χ2n) is 6.11. The molecule has 3 rings (SSSR count). The molecule has 3 heterocycles. The third-order valence-electron chi connectivity index (χ3n) is 4.36. The number of carbonyl (C=O) groups excluding carboxylic acids is 1. The number of aromatic nitrogens is 1. The Balaban J connectivity index is 1.77. The molecule has 2 atom stereocenters. The van der Waals surface area contributed by atoms with Gasteiger partial charge in [-0.1, -0.05) is 0 Å². The SMILES string of the molecule is Cc1nc(C)c(C(=O)N[C@H]2CS(=O)(=O)C[C@H]2N2CCCC2)s1. The highest BCUT2D eigenvalue weighted by atomic mass is 32.2. The van der Waals surface area contributed by atoms with E-state index >= 15 is 0 Å². The van der Waals surface area contributed by atoms with E-state index in [2.05, 4.69) is 15.2 Å². The van der Waals surface area contributed by atoms with Gasteiger partial charge in [0.05, 0.1) is 28.2 Å². The molecule has 2 fully saturated rings. The van der Waals surface area contributed by atoms with Crippen molar-refractivity contribution in [3.63, 3.8) is 0 Å². The van der Waals surface area contributed by atoms with Crippen LogP contribution in [-0.2, 0) is 9.84 Å². The Morgan fingerprint density at radius 1 is 1.27 bits per heavy atom. The first kappa shape index (κ1) is 15.9. The molecule has 0 radical (unpaired) electrons. The average molecular weight is 343 g/mol. The maximum atomic E-state index is 12.5. The summed E-state index contributed by atoms with van der Waals surface area (Å²) in [4.78, 5) is 19.5. The van der Waals surface area contributed by atoms with Gasteiger partial charge in [0.2, 0.25) is 0 Å². The number of carbonyl (C=O) groups is 1. The monoisotopic (exact) mass is 343 g/mol. The van der Waals surface area contributed by atoms with Gasteiger partial charge in [0, 0.05) is 6.04 Å². The van der Waals surface area contributed by atoms with Gasteiger partial charge >= 0.3 is 0 Å². The molecule has 1 amide bonds. The zero-order chi connectivity index (χ0) is 15.9. The minimum atomic E-state index is -3.08. The Hall–Kier alpha value is -0.990. The van der Waals surface area contributed by atoms with Crippen molar-refractivity contribution in [1.29, 1.82) is 0 Å². The van der Waals surface area contributed by atoms with Crippen LogP contribution in [-0.4, -0.2) is 60.9 Å². The molecule has 1 aromatic rings. The lowest BCUT2D eigenvalue weighted by molar-refractivity contribution is 0.0922. The van der Waals surface area contributed by atoms with Crippen molar-refractivity contribution in [3.05, 3.63) is 15.6 Å². The van der Waals surface area contributed by atoms with Gasteiger partial charge in [0.25, 0.3) is 5.91 Å². The summed E-state index contributed by atoms with van der Waals surface area (Å²) in [6, 6.07) is -0.414. The number of nitrogens with one attached hydrogen (secondary N) is 1. The fraction of sp³-hybridized carbons (Fsp3) is 0.714. The van der Waals surface area contributed by atoms with Crippen LogP contribution in [0.15, 0.2) is 0 Å². The van der Waals surface area contributed by atoms with Crippen LogP contribution in [0.3, 0.4) is 0 Å². The standard InChI is InChI=1S/C14H21N3O3S2/c1-9-13(21-10(2)15-9)14(18)16-11-7-22(19,20)8-12(11)17-5-3-4-6-17/h11-12H,3-8H2,1-2H3,(H,16,18)/t11-,12+/m0/s1. The summed E-state index contributed by atoms with van der Waals surface area (Å²) < 4.78 is 24.0. The smallest absolute Gasteiger partial charge is 0.263 e. The van der Waals surface area contributed by atoms with Crippen molar-refractivity contribution in [2.75, 3.05) is 24.6 Å². The van der Waals surface area contributed by atoms with E-state index in [1.165, 1.54) is 11.3 Å². The molecule has 2 aliphatic rings. The summed E-state index contributed by atoms with van der Waals surface area (Å²) in [5, 5.41) is 3.79. The number of nitrogens with zero attached hydrogens (tertiary/aromatic N) is 2. The van der Waals surface area contributed by atoms with Crippen LogP contribution >= 0.6 is 11.3 Å². The molecule has 0 bridgehead atoms. The molecule has 122 valence electrons. The summed E-state index contributed by atoms with van der Waals surface area (Å²) in [7, 11) is -3.08. The molecule has 1 aromatic heterocycles. The molecule has 0 aromatic carbocycles. The Morgan fingerprint density at radius 3 is 2.55 bits per heavy atom. The van der Waals surface area contributed by atoms with E-state index in [1.807, 2.05) is 13.8 Å². The molecular formula is C14H21N3O3S2. The number of likely N-dealkylation sites (tertiary alicyclic amines) is 1. The number of rotatable bonds is 3. The Bertz CT molecular complexity index is 678. The molecule has 1 N–H and O–H groups in total. The maximum absolute atomic E-state index is 12.5. The topological polar surface area (TPSA) is 79.4 Å². The highest BCUT2D eigenvalue weighted by Gasteiger charge is 2.42. The molecule has 0 aliphatic carbocycles. The molecule has 0 spiro atoms. The molecule has 8 heteroatoms. The predicted octanol–water partition coefficient (Wildman–Crippen LogP) is 0.751. The van der Waals surface area contributed by atoms with Gasteiger partial charge in [-0.25, -0.2) is 13.4 Å². The zero-order valence-electron chi connectivity index (χ0n) is 12.8. The first-order chi connectivity index (χ1) is 10.4. The lowest BCUT2D eigenvalue weighted by atomic mass is 10.1. The highest BCUT2D eigenvalue weighted by Crippen LogP contribution is 2.24. The van der Waals surface area contributed by atoms with Crippen LogP contribution in [0.4, 0.5) is 0 Å². The van der Waals surface area contributed by atoms with Gasteiger partial charge in [-0.05, 0) is 39.8 Å². The number of hydrogen-bond acceptors (Lipinski definition) is 6. The average Bonchev–Trinajstić information content (AvgIpc) is 3.09. The summed E-state index contributed by atoms with van der Waals surface area (Å²) >= 11 is 1.35. The number of sulfone groups is 1. The molecule has 0 unspecified atom stereocenters. The second-order valence-corrected chi connectivity index (χ2v) is 9.47. The van der Waals surface area contributed by atoms with E-state index < -0.39 is 9.84 Å². The van der Waals surface area contributed by atoms with E-state index in [4.69, 9.17) is 0 Å². The number of amides is 1. The van der Waals surface area contributed by atoms with E-state index in [0.29, 0.717) is 10.6 Å². The summed E-state index contributed by atoms with van der Waals surface area (Å²) in [6.45, 7) is 5.51. The number of aryl methyl sites for hydroxylation is 2. The first-order valence-corrected chi connectivity index (χ1v) is 10.2. The number of thiazole rings is 1. The van der Waals surface area contributed by atoms with Crippen LogP contribution in [0.2, 0.25) is 0 Å². The van der Waals surface area contributed by atoms with Crippen molar-refractivity contribution in [3.8, 4) is 0 Å². The van der Waals surface area contributed by atoms with Crippen molar-refractivity contribution >= 4 is 27.1 Å². The van der Waals surface area contributed by atoms with E-state index in [0.717, 1.165) is 30.9 Å².